The highest BCUT2D eigenvalue weighted by atomic mass is 16.3. The van der Waals surface area contributed by atoms with E-state index in [1.165, 1.54) is 0 Å². The Morgan fingerprint density at radius 2 is 1.97 bits per heavy atom. The van der Waals surface area contributed by atoms with Gasteiger partial charge in [0.2, 0.25) is 5.91 Å². The molecule has 0 saturated carbocycles. The minimum atomic E-state index is -0.232. The molecule has 33 heavy (non-hydrogen) atoms. The van der Waals surface area contributed by atoms with Gasteiger partial charge in [-0.2, -0.15) is 0 Å². The number of likely N-dealkylation sites (tertiary alicyclic amines) is 1. The average molecular weight is 448 g/mol. The molecule has 3 aromatic rings. The minimum absolute atomic E-state index is 0.0432. The minimum Gasteiger partial charge on any atom is -0.451 e. The molecule has 8 nitrogen and oxygen atoms in total. The van der Waals surface area contributed by atoms with Crippen LogP contribution in [0.4, 0.5) is 5.82 Å². The maximum absolute atomic E-state index is 13.7. The summed E-state index contributed by atoms with van der Waals surface area (Å²) in [4.78, 5) is 39.0. The van der Waals surface area contributed by atoms with E-state index >= 15 is 0 Å². The van der Waals surface area contributed by atoms with Crippen LogP contribution in [-0.4, -0.2) is 51.7 Å². The number of anilines is 1. The van der Waals surface area contributed by atoms with Crippen molar-refractivity contribution in [3.8, 4) is 0 Å². The van der Waals surface area contributed by atoms with Gasteiger partial charge in [-0.15, -0.1) is 0 Å². The van der Waals surface area contributed by atoms with E-state index in [4.69, 9.17) is 14.4 Å². The lowest BCUT2D eigenvalue weighted by Gasteiger charge is -2.35. The first-order valence-corrected chi connectivity index (χ1v) is 11.6. The zero-order valence-corrected chi connectivity index (χ0v) is 19.4. The number of benzene rings is 1. The van der Waals surface area contributed by atoms with Crippen LogP contribution in [0.15, 0.2) is 28.7 Å². The Labute approximate surface area is 193 Å². The molecule has 1 N–H and O–H groups in total. The monoisotopic (exact) mass is 447 g/mol. The van der Waals surface area contributed by atoms with Gasteiger partial charge in [-0.3, -0.25) is 9.59 Å². The molecule has 0 radical (unpaired) electrons. The Kier molecular flexibility index (Phi) is 5.52. The first-order chi connectivity index (χ1) is 16.0. The van der Waals surface area contributed by atoms with E-state index in [9.17, 15) is 9.59 Å². The quantitative estimate of drug-likeness (QED) is 0.656. The lowest BCUT2D eigenvalue weighted by atomic mass is 9.99. The van der Waals surface area contributed by atoms with Gasteiger partial charge >= 0.3 is 0 Å². The molecule has 8 heteroatoms. The third-order valence-electron chi connectivity index (χ3n) is 6.86. The normalized spacial score (nSPS) is 18.3. The van der Waals surface area contributed by atoms with Crippen LogP contribution < -0.4 is 5.32 Å². The Bertz CT molecular complexity index is 1230. The highest BCUT2D eigenvalue weighted by Gasteiger charge is 2.35. The Balaban J connectivity index is 1.52. The summed E-state index contributed by atoms with van der Waals surface area (Å²) in [6.07, 6.45) is 3.45. The molecule has 1 aromatic carbocycles. The number of piperidine rings is 1. The summed E-state index contributed by atoms with van der Waals surface area (Å²) in [5.74, 6) is 1.73. The smallest absolute Gasteiger partial charge is 0.290 e. The largest absolute Gasteiger partial charge is 0.451 e. The zero-order chi connectivity index (χ0) is 23.1. The van der Waals surface area contributed by atoms with Crippen LogP contribution in [0.25, 0.3) is 11.0 Å². The number of hydrogen-bond donors (Lipinski definition) is 1. The molecule has 2 aliphatic rings. The molecule has 1 saturated heterocycles. The Morgan fingerprint density at radius 1 is 1.15 bits per heavy atom. The summed E-state index contributed by atoms with van der Waals surface area (Å²) >= 11 is 0. The molecule has 0 bridgehead atoms. The molecule has 0 aliphatic carbocycles. The zero-order valence-electron chi connectivity index (χ0n) is 19.4. The SMILES string of the molecule is CNc1nc([C@H]2CCCCN2C(=O)c2oc3ccccc3c2C)nc2c1CCN(C(C)=O)C2. The fraction of sp³-hybridized carbons (Fsp3) is 0.440. The lowest BCUT2D eigenvalue weighted by molar-refractivity contribution is -0.129. The molecule has 2 aromatic heterocycles. The number of hydrogen-bond acceptors (Lipinski definition) is 6. The second-order valence-corrected chi connectivity index (χ2v) is 8.86. The van der Waals surface area contributed by atoms with Crippen molar-refractivity contribution in [3.05, 3.63) is 52.7 Å². The van der Waals surface area contributed by atoms with Gasteiger partial charge in [0, 0.05) is 43.6 Å². The van der Waals surface area contributed by atoms with Gasteiger partial charge in [0.25, 0.3) is 5.91 Å². The number of amides is 2. The van der Waals surface area contributed by atoms with Crippen LogP contribution in [0.3, 0.4) is 0 Å². The van der Waals surface area contributed by atoms with Crippen LogP contribution in [0.5, 0.6) is 0 Å². The lowest BCUT2D eigenvalue weighted by Crippen LogP contribution is -2.40. The number of carbonyl (C=O) groups is 2. The van der Waals surface area contributed by atoms with Crippen molar-refractivity contribution in [3.63, 3.8) is 0 Å². The van der Waals surface area contributed by atoms with Crippen LogP contribution in [0, 0.1) is 6.92 Å². The van der Waals surface area contributed by atoms with E-state index in [0.29, 0.717) is 31.2 Å². The van der Waals surface area contributed by atoms with Gasteiger partial charge in [0.1, 0.15) is 11.4 Å². The summed E-state index contributed by atoms with van der Waals surface area (Å²) < 4.78 is 5.99. The molecule has 2 amide bonds. The molecule has 4 heterocycles. The second-order valence-electron chi connectivity index (χ2n) is 8.86. The van der Waals surface area contributed by atoms with Crippen LogP contribution in [-0.2, 0) is 17.8 Å². The second kappa shape index (κ2) is 8.50. The number of nitrogens with one attached hydrogen (secondary N) is 1. The number of rotatable bonds is 3. The van der Waals surface area contributed by atoms with E-state index < -0.39 is 0 Å². The third-order valence-corrected chi connectivity index (χ3v) is 6.86. The molecule has 172 valence electrons. The van der Waals surface area contributed by atoms with Crippen molar-refractivity contribution in [1.29, 1.82) is 0 Å². The first-order valence-electron chi connectivity index (χ1n) is 11.6. The van der Waals surface area contributed by atoms with Crippen LogP contribution in [0.1, 0.15) is 65.4 Å². The number of fused-ring (bicyclic) bond motifs is 2. The van der Waals surface area contributed by atoms with E-state index in [0.717, 1.165) is 59.3 Å². The van der Waals surface area contributed by atoms with Crippen molar-refractivity contribution in [2.75, 3.05) is 25.5 Å². The van der Waals surface area contributed by atoms with E-state index in [1.54, 1.807) is 11.8 Å². The van der Waals surface area contributed by atoms with Crippen molar-refractivity contribution < 1.29 is 14.0 Å². The summed E-state index contributed by atoms with van der Waals surface area (Å²) in [6.45, 7) is 5.29. The molecule has 1 atom stereocenters. The highest BCUT2D eigenvalue weighted by Crippen LogP contribution is 2.35. The molecule has 0 spiro atoms. The predicted molar refractivity (Wildman–Crippen MR) is 125 cm³/mol. The van der Waals surface area contributed by atoms with Crippen LogP contribution in [0.2, 0.25) is 0 Å². The molecular formula is C25H29N5O3. The number of aryl methyl sites for hydroxylation is 1. The van der Waals surface area contributed by atoms with E-state index in [2.05, 4.69) is 5.32 Å². The van der Waals surface area contributed by atoms with Crippen molar-refractivity contribution in [1.82, 2.24) is 19.8 Å². The highest BCUT2D eigenvalue weighted by molar-refractivity contribution is 5.99. The van der Waals surface area contributed by atoms with Crippen molar-refractivity contribution >= 4 is 28.6 Å². The number of para-hydroxylation sites is 1. The number of nitrogens with zero attached hydrogens (tertiary/aromatic N) is 4. The number of carbonyl (C=O) groups excluding carboxylic acids is 2. The van der Waals surface area contributed by atoms with Crippen molar-refractivity contribution in [2.45, 2.75) is 52.1 Å². The van der Waals surface area contributed by atoms with Gasteiger partial charge in [0.15, 0.2) is 11.6 Å². The molecule has 2 aliphatic heterocycles. The van der Waals surface area contributed by atoms with Crippen molar-refractivity contribution in [2.24, 2.45) is 0 Å². The van der Waals surface area contributed by atoms with Gasteiger partial charge in [0.05, 0.1) is 18.3 Å². The van der Waals surface area contributed by atoms with E-state index in [-0.39, 0.29) is 17.9 Å². The topological polar surface area (TPSA) is 91.6 Å². The van der Waals surface area contributed by atoms with Gasteiger partial charge < -0.3 is 19.5 Å². The Hall–Kier alpha value is -3.42. The Morgan fingerprint density at radius 3 is 2.73 bits per heavy atom. The van der Waals surface area contributed by atoms with Crippen LogP contribution >= 0.6 is 0 Å². The standard InChI is InChI=1S/C25H29N5O3/c1-15-17-8-4-5-10-21(17)33-22(15)25(32)30-12-7-6-9-20(30)24-27-19-14-29(16(2)31)13-11-18(19)23(26-3)28-24/h4-5,8,10,20H,6-7,9,11-14H2,1-3H3,(H,26,27,28)/t20-/m1/s1. The number of aromatic nitrogens is 2. The summed E-state index contributed by atoms with van der Waals surface area (Å²) in [5.41, 5.74) is 3.50. The average Bonchev–Trinajstić information content (AvgIpc) is 3.19. The summed E-state index contributed by atoms with van der Waals surface area (Å²) in [6, 6.07) is 7.50. The van der Waals surface area contributed by atoms with E-state index in [1.807, 2.05) is 43.1 Å². The summed E-state index contributed by atoms with van der Waals surface area (Å²) in [7, 11) is 1.85. The maximum Gasteiger partial charge on any atom is 0.290 e. The number of furan rings is 1. The molecule has 0 unspecified atom stereocenters. The third kappa shape index (κ3) is 3.73. The van der Waals surface area contributed by atoms with Gasteiger partial charge in [-0.25, -0.2) is 9.97 Å². The molecule has 1 fully saturated rings. The summed E-state index contributed by atoms with van der Waals surface area (Å²) in [5, 5.41) is 4.16. The fourth-order valence-corrected chi connectivity index (χ4v) is 5.03. The van der Waals surface area contributed by atoms with Gasteiger partial charge in [-0.1, -0.05) is 18.2 Å². The molecule has 5 rings (SSSR count). The predicted octanol–water partition coefficient (Wildman–Crippen LogP) is 3.84. The molecular weight excluding hydrogens is 418 g/mol. The van der Waals surface area contributed by atoms with Gasteiger partial charge in [-0.05, 0) is 38.7 Å². The maximum atomic E-state index is 13.7. The fourth-order valence-electron chi connectivity index (χ4n) is 5.03. The first kappa shape index (κ1) is 21.4.